The average Bonchev–Trinajstić information content (AvgIpc) is 3.40. The zero-order valence-electron chi connectivity index (χ0n) is 15.0. The van der Waals surface area contributed by atoms with Crippen molar-refractivity contribution < 1.29 is 8.42 Å². The summed E-state index contributed by atoms with van der Waals surface area (Å²) in [7, 11) is -3.44. The van der Waals surface area contributed by atoms with E-state index in [1.165, 1.54) is 0 Å². The molecule has 1 saturated carbocycles. The molecule has 1 aromatic carbocycles. The third-order valence-corrected chi connectivity index (χ3v) is 6.94. The molecule has 1 aliphatic carbocycles. The van der Waals surface area contributed by atoms with Gasteiger partial charge in [0.25, 0.3) is 0 Å². The third kappa shape index (κ3) is 3.65. The van der Waals surface area contributed by atoms with Gasteiger partial charge < -0.3 is 0 Å². The van der Waals surface area contributed by atoms with Crippen LogP contribution in [0, 0.1) is 6.92 Å². The fourth-order valence-electron chi connectivity index (χ4n) is 3.32. The van der Waals surface area contributed by atoms with E-state index in [1.807, 2.05) is 23.7 Å². The Balaban J connectivity index is 1.43. The van der Waals surface area contributed by atoms with Gasteiger partial charge in [-0.2, -0.15) is 4.31 Å². The first kappa shape index (κ1) is 17.6. The summed E-state index contributed by atoms with van der Waals surface area (Å²) in [5.41, 5.74) is 1.05. The summed E-state index contributed by atoms with van der Waals surface area (Å²) in [6.07, 6.45) is 3.08. The highest BCUT2D eigenvalue weighted by Crippen LogP contribution is 2.34. The molecule has 0 radical (unpaired) electrons. The van der Waals surface area contributed by atoms with Gasteiger partial charge in [0, 0.05) is 19.6 Å². The molecule has 4 rings (SSSR count). The van der Waals surface area contributed by atoms with Crippen molar-refractivity contribution >= 4 is 10.0 Å². The number of benzene rings is 1. The number of hydrogen-bond donors (Lipinski definition) is 0. The molecule has 2 aliphatic rings. The number of rotatable bonds is 5. The van der Waals surface area contributed by atoms with Gasteiger partial charge in [-0.15, -0.1) is 5.10 Å². The van der Waals surface area contributed by atoms with Gasteiger partial charge in [-0.25, -0.2) is 13.1 Å². The van der Waals surface area contributed by atoms with E-state index < -0.39 is 10.0 Å². The van der Waals surface area contributed by atoms with Crippen molar-refractivity contribution in [2.75, 3.05) is 26.2 Å². The Bertz CT molecular complexity index is 860. The topological polar surface area (TPSA) is 84.2 Å². The van der Waals surface area contributed by atoms with Crippen molar-refractivity contribution in [3.05, 3.63) is 35.7 Å². The number of aryl methyl sites for hydroxylation is 1. The summed E-state index contributed by atoms with van der Waals surface area (Å²) < 4.78 is 29.3. The van der Waals surface area contributed by atoms with Crippen LogP contribution in [0.5, 0.6) is 0 Å². The number of aromatic nitrogens is 4. The molecule has 0 amide bonds. The molecule has 0 spiro atoms. The molecule has 9 heteroatoms. The number of sulfonamides is 1. The first-order chi connectivity index (χ1) is 12.5. The molecule has 2 heterocycles. The maximum atomic E-state index is 12.9. The molecule has 0 unspecified atom stereocenters. The Morgan fingerprint density at radius 2 is 1.85 bits per heavy atom. The molecule has 1 aliphatic heterocycles. The standard InChI is InChI=1S/C17H24N6O2S/c1-14-3-7-16(8-4-14)26(24,25)22-10-2-9-21(11-12-22)13-17-18-19-20-23(17)15-5-6-15/h3-4,7-8,15H,2,5-6,9-13H2,1H3. The smallest absolute Gasteiger partial charge is 0.243 e. The van der Waals surface area contributed by atoms with Crippen LogP contribution in [0.3, 0.4) is 0 Å². The zero-order chi connectivity index (χ0) is 18.1. The number of tetrazole rings is 1. The van der Waals surface area contributed by atoms with E-state index in [2.05, 4.69) is 20.4 Å². The van der Waals surface area contributed by atoms with Crippen LogP contribution in [-0.2, 0) is 16.6 Å². The molecule has 8 nitrogen and oxygen atoms in total. The van der Waals surface area contributed by atoms with E-state index in [0.29, 0.717) is 37.1 Å². The van der Waals surface area contributed by atoms with Gasteiger partial charge in [0.15, 0.2) is 5.82 Å². The first-order valence-electron chi connectivity index (χ1n) is 9.10. The number of hydrogen-bond acceptors (Lipinski definition) is 6. The predicted octanol–water partition coefficient (Wildman–Crippen LogP) is 1.21. The van der Waals surface area contributed by atoms with Crippen LogP contribution >= 0.6 is 0 Å². The highest BCUT2D eigenvalue weighted by Gasteiger charge is 2.30. The molecular weight excluding hydrogens is 352 g/mol. The molecule has 1 aromatic heterocycles. The minimum Gasteiger partial charge on any atom is -0.295 e. The quantitative estimate of drug-likeness (QED) is 0.780. The third-order valence-electron chi connectivity index (χ3n) is 5.02. The Kier molecular flexibility index (Phi) is 4.76. The van der Waals surface area contributed by atoms with Crippen LogP contribution in [0.2, 0.25) is 0 Å². The fraction of sp³-hybridized carbons (Fsp3) is 0.588. The lowest BCUT2D eigenvalue weighted by atomic mass is 10.2. The fourth-order valence-corrected chi connectivity index (χ4v) is 4.79. The normalized spacial score (nSPS) is 20.2. The molecule has 0 N–H and O–H groups in total. The highest BCUT2D eigenvalue weighted by molar-refractivity contribution is 7.89. The predicted molar refractivity (Wildman–Crippen MR) is 95.9 cm³/mol. The average molecular weight is 376 g/mol. The molecule has 26 heavy (non-hydrogen) atoms. The van der Waals surface area contributed by atoms with Gasteiger partial charge in [-0.3, -0.25) is 4.90 Å². The largest absolute Gasteiger partial charge is 0.295 e. The monoisotopic (exact) mass is 376 g/mol. The van der Waals surface area contributed by atoms with Gasteiger partial charge in [0.1, 0.15) is 0 Å². The van der Waals surface area contributed by atoms with Gasteiger partial charge in [0.2, 0.25) is 10.0 Å². The van der Waals surface area contributed by atoms with Gasteiger partial charge in [-0.1, -0.05) is 17.7 Å². The molecule has 2 fully saturated rings. The summed E-state index contributed by atoms with van der Waals surface area (Å²) in [4.78, 5) is 2.61. The minimum absolute atomic E-state index is 0.370. The van der Waals surface area contributed by atoms with E-state index >= 15 is 0 Å². The molecular formula is C17H24N6O2S. The summed E-state index contributed by atoms with van der Waals surface area (Å²) in [5, 5.41) is 12.0. The summed E-state index contributed by atoms with van der Waals surface area (Å²) in [6.45, 7) is 5.18. The van der Waals surface area contributed by atoms with Crippen LogP contribution < -0.4 is 0 Å². The molecule has 2 aromatic rings. The minimum atomic E-state index is -3.44. The van der Waals surface area contributed by atoms with Crippen LogP contribution in [-0.4, -0.2) is 64.0 Å². The second kappa shape index (κ2) is 7.05. The summed E-state index contributed by atoms with van der Waals surface area (Å²) in [5.74, 6) is 0.877. The molecule has 1 saturated heterocycles. The van der Waals surface area contributed by atoms with Crippen LogP contribution in [0.4, 0.5) is 0 Å². The molecule has 140 valence electrons. The van der Waals surface area contributed by atoms with Crippen LogP contribution in [0.1, 0.15) is 36.7 Å². The maximum absolute atomic E-state index is 12.9. The van der Waals surface area contributed by atoms with Crippen molar-refractivity contribution in [1.82, 2.24) is 29.4 Å². The van der Waals surface area contributed by atoms with Crippen molar-refractivity contribution in [3.8, 4) is 0 Å². The van der Waals surface area contributed by atoms with Crippen molar-refractivity contribution in [2.24, 2.45) is 0 Å². The molecule has 0 bridgehead atoms. The Labute approximate surface area is 153 Å². The second-order valence-corrected chi connectivity index (χ2v) is 9.06. The highest BCUT2D eigenvalue weighted by atomic mass is 32.2. The number of nitrogens with zero attached hydrogens (tertiary/aromatic N) is 6. The maximum Gasteiger partial charge on any atom is 0.243 e. The lowest BCUT2D eigenvalue weighted by Gasteiger charge is -2.21. The van der Waals surface area contributed by atoms with E-state index in [0.717, 1.165) is 37.2 Å². The summed E-state index contributed by atoms with van der Waals surface area (Å²) in [6, 6.07) is 7.52. The summed E-state index contributed by atoms with van der Waals surface area (Å²) >= 11 is 0. The lowest BCUT2D eigenvalue weighted by Crippen LogP contribution is -2.35. The Morgan fingerprint density at radius 1 is 1.08 bits per heavy atom. The van der Waals surface area contributed by atoms with Crippen molar-refractivity contribution in [2.45, 2.75) is 43.7 Å². The zero-order valence-corrected chi connectivity index (χ0v) is 15.8. The van der Waals surface area contributed by atoms with Gasteiger partial charge in [0.05, 0.1) is 17.5 Å². The van der Waals surface area contributed by atoms with E-state index in [1.54, 1.807) is 16.4 Å². The van der Waals surface area contributed by atoms with E-state index in [9.17, 15) is 8.42 Å². The van der Waals surface area contributed by atoms with Crippen LogP contribution in [0.25, 0.3) is 0 Å². The van der Waals surface area contributed by atoms with E-state index in [4.69, 9.17) is 0 Å². The SMILES string of the molecule is Cc1ccc(S(=O)(=O)N2CCCN(Cc3nnnn3C3CC3)CC2)cc1. The first-order valence-corrected chi connectivity index (χ1v) is 10.5. The molecule has 0 atom stereocenters. The van der Waals surface area contributed by atoms with Gasteiger partial charge in [-0.05, 0) is 55.3 Å². The van der Waals surface area contributed by atoms with Gasteiger partial charge >= 0.3 is 0 Å². The van der Waals surface area contributed by atoms with E-state index in [-0.39, 0.29) is 0 Å². The van der Waals surface area contributed by atoms with Crippen LogP contribution in [0.15, 0.2) is 29.2 Å². The van der Waals surface area contributed by atoms with Crippen molar-refractivity contribution in [3.63, 3.8) is 0 Å². The Hall–Kier alpha value is -1.84. The lowest BCUT2D eigenvalue weighted by molar-refractivity contribution is 0.266. The Morgan fingerprint density at radius 3 is 2.58 bits per heavy atom. The second-order valence-electron chi connectivity index (χ2n) is 7.12. The van der Waals surface area contributed by atoms with Crippen molar-refractivity contribution in [1.29, 1.82) is 0 Å².